The lowest BCUT2D eigenvalue weighted by molar-refractivity contribution is 0.0504. The van der Waals surface area contributed by atoms with Crippen molar-refractivity contribution in [3.63, 3.8) is 0 Å². The van der Waals surface area contributed by atoms with E-state index in [0.29, 0.717) is 36.4 Å². The largest absolute Gasteiger partial charge is 0.431 e. The van der Waals surface area contributed by atoms with Crippen LogP contribution in [0.4, 0.5) is 0 Å². The Morgan fingerprint density at radius 2 is 2.09 bits per heavy atom. The van der Waals surface area contributed by atoms with Crippen LogP contribution in [-0.4, -0.2) is 40.6 Å². The Balaban J connectivity index is 1.84. The smallest absolute Gasteiger partial charge is 0.291 e. The molecule has 0 radical (unpaired) electrons. The summed E-state index contributed by atoms with van der Waals surface area (Å²) in [6.45, 7) is 5.26. The van der Waals surface area contributed by atoms with Gasteiger partial charge in [-0.25, -0.2) is 4.98 Å². The first-order valence-electron chi connectivity index (χ1n) is 8.01. The quantitative estimate of drug-likeness (QED) is 0.946. The number of rotatable bonds is 3. The molecule has 1 N–H and O–H groups in total. The number of amides is 1. The molecule has 1 aliphatic heterocycles. The summed E-state index contributed by atoms with van der Waals surface area (Å²) < 4.78 is 5.75. The lowest BCUT2D eigenvalue weighted by Crippen LogP contribution is -2.44. The fourth-order valence-corrected chi connectivity index (χ4v) is 3.22. The van der Waals surface area contributed by atoms with E-state index in [0.717, 1.165) is 12.0 Å². The second kappa shape index (κ2) is 6.54. The van der Waals surface area contributed by atoms with Crippen LogP contribution in [0.3, 0.4) is 0 Å². The van der Waals surface area contributed by atoms with Gasteiger partial charge in [0, 0.05) is 25.3 Å². The van der Waals surface area contributed by atoms with E-state index < -0.39 is 0 Å². The third-order valence-corrected chi connectivity index (χ3v) is 4.30. The molecule has 1 aromatic carbocycles. The molecule has 5 nitrogen and oxygen atoms in total. The van der Waals surface area contributed by atoms with E-state index in [1.165, 1.54) is 0 Å². The monoisotopic (exact) mass is 314 g/mol. The fraction of sp³-hybridized carbons (Fsp3) is 0.444. The van der Waals surface area contributed by atoms with Crippen LogP contribution in [0.1, 0.15) is 29.6 Å². The molecule has 1 aromatic heterocycles. The van der Waals surface area contributed by atoms with Crippen molar-refractivity contribution in [2.45, 2.75) is 20.3 Å². The van der Waals surface area contributed by atoms with Gasteiger partial charge < -0.3 is 14.4 Å². The molecule has 2 atom stereocenters. The van der Waals surface area contributed by atoms with Crippen molar-refractivity contribution < 1.29 is 14.3 Å². The van der Waals surface area contributed by atoms with Gasteiger partial charge in [-0.3, -0.25) is 4.79 Å². The first-order valence-corrected chi connectivity index (χ1v) is 8.01. The molecule has 5 heteroatoms. The number of carbonyl (C=O) groups is 1. The van der Waals surface area contributed by atoms with Gasteiger partial charge in [-0.15, -0.1) is 0 Å². The van der Waals surface area contributed by atoms with Gasteiger partial charge in [0.15, 0.2) is 0 Å². The molecule has 122 valence electrons. The predicted octanol–water partition coefficient (Wildman–Crippen LogP) is 2.74. The Morgan fingerprint density at radius 3 is 2.78 bits per heavy atom. The van der Waals surface area contributed by atoms with Crippen molar-refractivity contribution in [3.05, 3.63) is 41.8 Å². The lowest BCUT2D eigenvalue weighted by Gasteiger charge is -2.35. The minimum Gasteiger partial charge on any atom is -0.431 e. The van der Waals surface area contributed by atoms with Crippen LogP contribution in [0.5, 0.6) is 0 Å². The number of aromatic nitrogens is 1. The van der Waals surface area contributed by atoms with Gasteiger partial charge in [-0.2, -0.15) is 0 Å². The van der Waals surface area contributed by atoms with Gasteiger partial charge in [0.05, 0.1) is 5.69 Å². The molecule has 23 heavy (non-hydrogen) atoms. The summed E-state index contributed by atoms with van der Waals surface area (Å²) in [5.41, 5.74) is 1.46. The third-order valence-electron chi connectivity index (χ3n) is 4.30. The van der Waals surface area contributed by atoms with E-state index in [1.807, 2.05) is 30.3 Å². The minimum atomic E-state index is -0.137. The number of aliphatic hydroxyl groups is 1. The second-order valence-corrected chi connectivity index (χ2v) is 6.40. The summed E-state index contributed by atoms with van der Waals surface area (Å²) in [5, 5.41) is 9.41. The van der Waals surface area contributed by atoms with Crippen LogP contribution in [-0.2, 0) is 0 Å². The van der Waals surface area contributed by atoms with Crippen LogP contribution in [0, 0.1) is 18.8 Å². The molecule has 2 heterocycles. The molecular formula is C18H22N2O3. The summed E-state index contributed by atoms with van der Waals surface area (Å²) in [7, 11) is 0. The molecule has 0 unspecified atom stereocenters. The highest BCUT2D eigenvalue weighted by Gasteiger charge is 2.31. The maximum Gasteiger partial charge on any atom is 0.291 e. The Morgan fingerprint density at radius 1 is 1.35 bits per heavy atom. The van der Waals surface area contributed by atoms with Gasteiger partial charge in [-0.05, 0) is 37.3 Å². The number of nitrogens with zero attached hydrogens (tertiary/aromatic N) is 2. The van der Waals surface area contributed by atoms with E-state index in [9.17, 15) is 9.90 Å². The van der Waals surface area contributed by atoms with Gasteiger partial charge in [0.1, 0.15) is 0 Å². The number of hydrogen-bond acceptors (Lipinski definition) is 4. The van der Waals surface area contributed by atoms with E-state index in [1.54, 1.807) is 11.8 Å². The van der Waals surface area contributed by atoms with E-state index >= 15 is 0 Å². The average molecular weight is 314 g/mol. The molecule has 1 saturated heterocycles. The Labute approximate surface area is 135 Å². The summed E-state index contributed by atoms with van der Waals surface area (Å²) in [6.07, 6.45) is 0.949. The van der Waals surface area contributed by atoms with Crippen molar-refractivity contribution >= 4 is 5.91 Å². The van der Waals surface area contributed by atoms with Crippen molar-refractivity contribution in [1.82, 2.24) is 9.88 Å². The number of aryl methyl sites for hydroxylation is 1. The molecule has 0 aliphatic carbocycles. The number of carbonyl (C=O) groups excluding carboxylic acids is 1. The first kappa shape index (κ1) is 15.7. The number of hydrogen-bond donors (Lipinski definition) is 1. The van der Waals surface area contributed by atoms with Crippen LogP contribution in [0.15, 0.2) is 34.7 Å². The van der Waals surface area contributed by atoms with Crippen molar-refractivity contribution in [3.8, 4) is 11.5 Å². The number of benzene rings is 1. The first-order chi connectivity index (χ1) is 11.1. The Kier molecular flexibility index (Phi) is 4.48. The number of piperidine rings is 1. The highest BCUT2D eigenvalue weighted by atomic mass is 16.4. The zero-order valence-electron chi connectivity index (χ0n) is 13.5. The summed E-state index contributed by atoms with van der Waals surface area (Å²) >= 11 is 0. The number of oxazole rings is 1. The standard InChI is InChI=1S/C18H22N2O3/c1-12-8-14(11-21)10-20(9-12)18(22)16-13(2)19-17(23-16)15-6-4-3-5-7-15/h3-7,12,14,21H,8-11H2,1-2H3/t12-,14+/m0/s1. The normalized spacial score (nSPS) is 21.4. The Bertz CT molecular complexity index is 681. The van der Waals surface area contributed by atoms with E-state index in [4.69, 9.17) is 4.42 Å². The predicted molar refractivity (Wildman–Crippen MR) is 86.9 cm³/mol. The van der Waals surface area contributed by atoms with Gasteiger partial charge in [0.2, 0.25) is 11.7 Å². The molecule has 1 aliphatic rings. The van der Waals surface area contributed by atoms with Crippen molar-refractivity contribution in [2.75, 3.05) is 19.7 Å². The summed E-state index contributed by atoms with van der Waals surface area (Å²) in [6, 6.07) is 9.56. The average Bonchev–Trinajstić information content (AvgIpc) is 2.96. The Hall–Kier alpha value is -2.14. The second-order valence-electron chi connectivity index (χ2n) is 6.40. The van der Waals surface area contributed by atoms with Gasteiger partial charge in [-0.1, -0.05) is 25.1 Å². The maximum atomic E-state index is 12.8. The number of likely N-dealkylation sites (tertiary alicyclic amines) is 1. The third kappa shape index (κ3) is 3.29. The highest BCUT2D eigenvalue weighted by molar-refractivity contribution is 5.93. The topological polar surface area (TPSA) is 66.6 Å². The summed E-state index contributed by atoms with van der Waals surface area (Å²) in [4.78, 5) is 18.9. The zero-order valence-corrected chi connectivity index (χ0v) is 13.5. The molecule has 0 saturated carbocycles. The maximum absolute atomic E-state index is 12.8. The van der Waals surface area contributed by atoms with E-state index in [-0.39, 0.29) is 18.4 Å². The molecule has 2 aromatic rings. The molecule has 0 bridgehead atoms. The molecular weight excluding hydrogens is 292 g/mol. The number of aliphatic hydroxyl groups excluding tert-OH is 1. The summed E-state index contributed by atoms with van der Waals surface area (Å²) in [5.74, 6) is 1.15. The van der Waals surface area contributed by atoms with E-state index in [2.05, 4.69) is 11.9 Å². The lowest BCUT2D eigenvalue weighted by atomic mass is 9.91. The fourth-order valence-electron chi connectivity index (χ4n) is 3.22. The molecule has 3 rings (SSSR count). The minimum absolute atomic E-state index is 0.110. The molecule has 0 spiro atoms. The van der Waals surface area contributed by atoms with Crippen LogP contribution < -0.4 is 0 Å². The van der Waals surface area contributed by atoms with Crippen LogP contribution >= 0.6 is 0 Å². The van der Waals surface area contributed by atoms with Gasteiger partial charge in [0.25, 0.3) is 5.91 Å². The van der Waals surface area contributed by atoms with Crippen LogP contribution in [0.2, 0.25) is 0 Å². The highest BCUT2D eigenvalue weighted by Crippen LogP contribution is 2.26. The van der Waals surface area contributed by atoms with Crippen molar-refractivity contribution in [2.24, 2.45) is 11.8 Å². The van der Waals surface area contributed by atoms with Crippen molar-refractivity contribution in [1.29, 1.82) is 0 Å². The molecule has 1 fully saturated rings. The molecule has 1 amide bonds. The van der Waals surface area contributed by atoms with Crippen LogP contribution in [0.25, 0.3) is 11.5 Å². The SMILES string of the molecule is Cc1nc(-c2ccccc2)oc1C(=O)N1C[C@@H](C)C[C@@H](CO)C1. The zero-order chi connectivity index (χ0) is 16.4. The van der Waals surface area contributed by atoms with Gasteiger partial charge >= 0.3 is 0 Å².